The Labute approximate surface area is 210 Å². The molecule has 35 heavy (non-hydrogen) atoms. The molecule has 0 aliphatic heterocycles. The molecule has 9 heteroatoms. The highest BCUT2D eigenvalue weighted by Crippen LogP contribution is 2.25. The van der Waals surface area contributed by atoms with Crippen molar-refractivity contribution in [3.8, 4) is 11.4 Å². The normalized spacial score (nSPS) is 11.0. The number of ether oxygens (including phenoxy) is 1. The van der Waals surface area contributed by atoms with Gasteiger partial charge in [-0.05, 0) is 68.8 Å². The summed E-state index contributed by atoms with van der Waals surface area (Å²) in [5.41, 5.74) is 3.66. The zero-order valence-electron chi connectivity index (χ0n) is 20.5. The first kappa shape index (κ1) is 26.0. The van der Waals surface area contributed by atoms with Crippen LogP contribution < -0.4 is 10.2 Å². The second-order valence-corrected chi connectivity index (χ2v) is 8.57. The number of hydrogen-bond donors (Lipinski definition) is 1. The van der Waals surface area contributed by atoms with Crippen LogP contribution in [0.1, 0.15) is 26.3 Å². The Hall–Kier alpha value is -3.59. The highest BCUT2D eigenvalue weighted by molar-refractivity contribution is 7.99. The van der Waals surface area contributed by atoms with Gasteiger partial charge in [-0.15, -0.1) is 10.2 Å². The lowest BCUT2D eigenvalue weighted by Gasteiger charge is -2.21. The van der Waals surface area contributed by atoms with Crippen molar-refractivity contribution in [1.82, 2.24) is 14.8 Å². The number of carbonyl (C=O) groups is 2. The average molecular weight is 494 g/mol. The predicted octanol–water partition coefficient (Wildman–Crippen LogP) is 4.64. The fraction of sp³-hybridized carbons (Fsp3) is 0.308. The molecule has 1 heterocycles. The molecule has 0 unspecified atom stereocenters. The molecule has 0 aliphatic rings. The van der Waals surface area contributed by atoms with E-state index in [0.717, 1.165) is 30.0 Å². The number of rotatable bonds is 11. The van der Waals surface area contributed by atoms with E-state index in [1.54, 1.807) is 25.1 Å². The number of anilines is 2. The SMILES string of the molecule is CCOC(=O)/C=C/c1ccc(NC(=O)CSc2nnc(-c3ccc(N(CC)CC)cc3)n2C)cc1. The minimum absolute atomic E-state index is 0.141. The fourth-order valence-corrected chi connectivity index (χ4v) is 4.17. The number of esters is 1. The maximum atomic E-state index is 12.4. The Morgan fingerprint density at radius 2 is 1.71 bits per heavy atom. The van der Waals surface area contributed by atoms with Gasteiger partial charge in [-0.3, -0.25) is 4.79 Å². The molecular formula is C26H31N5O3S. The summed E-state index contributed by atoms with van der Waals surface area (Å²) in [6, 6.07) is 15.5. The van der Waals surface area contributed by atoms with E-state index in [4.69, 9.17) is 4.74 Å². The van der Waals surface area contributed by atoms with Gasteiger partial charge < -0.3 is 19.5 Å². The van der Waals surface area contributed by atoms with Gasteiger partial charge in [-0.25, -0.2) is 4.79 Å². The van der Waals surface area contributed by atoms with Gasteiger partial charge in [0.25, 0.3) is 0 Å². The van der Waals surface area contributed by atoms with Crippen molar-refractivity contribution in [2.45, 2.75) is 25.9 Å². The van der Waals surface area contributed by atoms with Crippen LogP contribution in [-0.2, 0) is 21.4 Å². The number of benzene rings is 2. The fourth-order valence-electron chi connectivity index (χ4n) is 3.46. The molecule has 2 aromatic carbocycles. The van der Waals surface area contributed by atoms with E-state index in [1.807, 2.05) is 35.9 Å². The zero-order valence-corrected chi connectivity index (χ0v) is 21.3. The van der Waals surface area contributed by atoms with Gasteiger partial charge in [-0.2, -0.15) is 0 Å². The summed E-state index contributed by atoms with van der Waals surface area (Å²) in [7, 11) is 1.90. The Kier molecular flexibility index (Phi) is 9.48. The van der Waals surface area contributed by atoms with Crippen LogP contribution >= 0.6 is 11.8 Å². The van der Waals surface area contributed by atoms with E-state index < -0.39 is 0 Å². The summed E-state index contributed by atoms with van der Waals surface area (Å²) in [5.74, 6) is 0.436. The van der Waals surface area contributed by atoms with Crippen LogP contribution in [-0.4, -0.2) is 52.1 Å². The zero-order chi connectivity index (χ0) is 25.2. The third-order valence-corrected chi connectivity index (χ3v) is 6.33. The first-order valence-electron chi connectivity index (χ1n) is 11.6. The molecule has 0 radical (unpaired) electrons. The third-order valence-electron chi connectivity index (χ3n) is 5.31. The lowest BCUT2D eigenvalue weighted by molar-refractivity contribution is -0.137. The van der Waals surface area contributed by atoms with E-state index in [0.29, 0.717) is 17.5 Å². The summed E-state index contributed by atoms with van der Waals surface area (Å²) in [6.45, 7) is 8.29. The molecule has 8 nitrogen and oxygen atoms in total. The number of aromatic nitrogens is 3. The monoisotopic (exact) mass is 493 g/mol. The molecule has 0 spiro atoms. The van der Waals surface area contributed by atoms with E-state index in [9.17, 15) is 9.59 Å². The van der Waals surface area contributed by atoms with Crippen molar-refractivity contribution in [2.75, 3.05) is 35.7 Å². The molecule has 0 aliphatic carbocycles. The van der Waals surface area contributed by atoms with Crippen LogP contribution in [0.3, 0.4) is 0 Å². The largest absolute Gasteiger partial charge is 0.463 e. The van der Waals surface area contributed by atoms with Crippen molar-refractivity contribution in [2.24, 2.45) is 7.05 Å². The van der Waals surface area contributed by atoms with Crippen molar-refractivity contribution in [1.29, 1.82) is 0 Å². The quantitative estimate of drug-likeness (QED) is 0.237. The molecule has 0 fully saturated rings. The van der Waals surface area contributed by atoms with E-state index in [-0.39, 0.29) is 17.6 Å². The van der Waals surface area contributed by atoms with Crippen molar-refractivity contribution >= 4 is 41.1 Å². The summed E-state index contributed by atoms with van der Waals surface area (Å²) in [5, 5.41) is 12.1. The predicted molar refractivity (Wildman–Crippen MR) is 141 cm³/mol. The molecular weight excluding hydrogens is 462 g/mol. The molecule has 1 amide bonds. The Morgan fingerprint density at radius 3 is 2.34 bits per heavy atom. The molecule has 1 N–H and O–H groups in total. The number of hydrogen-bond acceptors (Lipinski definition) is 7. The number of nitrogens with one attached hydrogen (secondary N) is 1. The van der Waals surface area contributed by atoms with Crippen LogP contribution in [0.5, 0.6) is 0 Å². The highest BCUT2D eigenvalue weighted by atomic mass is 32.2. The lowest BCUT2D eigenvalue weighted by Crippen LogP contribution is -2.21. The summed E-state index contributed by atoms with van der Waals surface area (Å²) in [4.78, 5) is 26.1. The minimum Gasteiger partial charge on any atom is -0.463 e. The molecule has 0 bridgehead atoms. The van der Waals surface area contributed by atoms with Crippen LogP contribution in [0.4, 0.5) is 11.4 Å². The van der Waals surface area contributed by atoms with Crippen LogP contribution in [0.15, 0.2) is 59.8 Å². The number of carbonyl (C=O) groups excluding carboxylic acids is 2. The Bertz CT molecular complexity index is 1150. The van der Waals surface area contributed by atoms with Gasteiger partial charge in [0.1, 0.15) is 0 Å². The van der Waals surface area contributed by atoms with Gasteiger partial charge >= 0.3 is 5.97 Å². The van der Waals surface area contributed by atoms with Crippen LogP contribution in [0.2, 0.25) is 0 Å². The number of amides is 1. The van der Waals surface area contributed by atoms with Gasteiger partial charge in [-0.1, -0.05) is 23.9 Å². The summed E-state index contributed by atoms with van der Waals surface area (Å²) >= 11 is 1.33. The third kappa shape index (κ3) is 7.19. The van der Waals surface area contributed by atoms with Gasteiger partial charge in [0.05, 0.1) is 12.4 Å². The first-order chi connectivity index (χ1) is 16.9. The topological polar surface area (TPSA) is 89.3 Å². The van der Waals surface area contributed by atoms with E-state index in [1.165, 1.54) is 23.5 Å². The molecule has 0 saturated heterocycles. The molecule has 1 aromatic heterocycles. The Morgan fingerprint density at radius 1 is 1.03 bits per heavy atom. The minimum atomic E-state index is -0.384. The first-order valence-corrected chi connectivity index (χ1v) is 12.6. The summed E-state index contributed by atoms with van der Waals surface area (Å²) in [6.07, 6.45) is 3.05. The van der Waals surface area contributed by atoms with Crippen LogP contribution in [0.25, 0.3) is 17.5 Å². The molecule has 3 aromatic rings. The Balaban J connectivity index is 1.55. The maximum absolute atomic E-state index is 12.4. The average Bonchev–Trinajstić information content (AvgIpc) is 3.24. The van der Waals surface area contributed by atoms with Crippen molar-refractivity contribution in [3.63, 3.8) is 0 Å². The number of nitrogens with zero attached hydrogens (tertiary/aromatic N) is 4. The highest BCUT2D eigenvalue weighted by Gasteiger charge is 2.14. The summed E-state index contributed by atoms with van der Waals surface area (Å²) < 4.78 is 6.76. The van der Waals surface area contributed by atoms with Crippen molar-refractivity contribution < 1.29 is 14.3 Å². The van der Waals surface area contributed by atoms with Gasteiger partial charge in [0, 0.05) is 43.2 Å². The lowest BCUT2D eigenvalue weighted by atomic mass is 10.2. The smallest absolute Gasteiger partial charge is 0.330 e. The second kappa shape index (κ2) is 12.8. The van der Waals surface area contributed by atoms with Gasteiger partial charge in [0.15, 0.2) is 11.0 Å². The molecule has 0 atom stereocenters. The maximum Gasteiger partial charge on any atom is 0.330 e. The van der Waals surface area contributed by atoms with E-state index >= 15 is 0 Å². The van der Waals surface area contributed by atoms with E-state index in [2.05, 4.69) is 46.4 Å². The standard InChI is InChI=1S/C26H31N5O3S/c1-5-31(6-2)22-15-11-20(12-16-22)25-28-29-26(30(25)4)35-18-23(32)27-21-13-8-19(9-14-21)10-17-24(33)34-7-3/h8-17H,5-7,18H2,1-4H3,(H,27,32)/b17-10+. The second-order valence-electron chi connectivity index (χ2n) is 7.63. The number of thioether (sulfide) groups is 1. The van der Waals surface area contributed by atoms with Gasteiger partial charge in [0.2, 0.25) is 5.91 Å². The van der Waals surface area contributed by atoms with Crippen molar-refractivity contribution in [3.05, 3.63) is 60.2 Å². The molecule has 184 valence electrons. The van der Waals surface area contributed by atoms with Crippen LogP contribution in [0, 0.1) is 0 Å². The molecule has 3 rings (SSSR count). The molecule has 0 saturated carbocycles.